The molecular weight excluding hydrogens is 304 g/mol. The maximum absolute atomic E-state index is 12.2. The van der Waals surface area contributed by atoms with Gasteiger partial charge in [0.05, 0.1) is 6.61 Å². The van der Waals surface area contributed by atoms with Gasteiger partial charge in [0.15, 0.2) is 5.57 Å². The minimum atomic E-state index is -0.735. The van der Waals surface area contributed by atoms with E-state index in [0.29, 0.717) is 17.7 Å². The molecule has 0 bridgehead atoms. The molecule has 0 saturated heterocycles. The van der Waals surface area contributed by atoms with Gasteiger partial charge in [0.2, 0.25) is 0 Å². The van der Waals surface area contributed by atoms with Crippen molar-refractivity contribution in [2.24, 2.45) is 0 Å². The molecule has 1 rings (SSSR count). The second-order valence-corrected chi connectivity index (χ2v) is 6.41. The molecule has 22 heavy (non-hydrogen) atoms. The number of carbonyl (C=O) groups excluding carboxylic acids is 1. The normalized spacial score (nSPS) is 13.5. The van der Waals surface area contributed by atoms with Crippen LogP contribution in [0.25, 0.3) is 11.8 Å². The second-order valence-electron chi connectivity index (χ2n) is 5.38. The number of aromatic nitrogens is 1. The van der Waals surface area contributed by atoms with Crippen molar-refractivity contribution in [3.63, 3.8) is 0 Å². The molecule has 0 atom stereocenters. The molecule has 0 aliphatic rings. The Kier molecular flexibility index (Phi) is 5.94. The summed E-state index contributed by atoms with van der Waals surface area (Å²) in [5.74, 6) is -0.735. The molecule has 1 aromatic rings. The highest BCUT2D eigenvalue weighted by Crippen LogP contribution is 2.10. The van der Waals surface area contributed by atoms with Crippen molar-refractivity contribution in [2.75, 3.05) is 6.61 Å². The van der Waals surface area contributed by atoms with Crippen molar-refractivity contribution >= 4 is 29.1 Å². The molecule has 0 saturated carbocycles. The molecule has 120 valence electrons. The highest BCUT2D eigenvalue weighted by atomic mass is 32.1. The molecule has 0 fully saturated rings. The first-order valence-electron chi connectivity index (χ1n) is 6.94. The zero-order valence-corrected chi connectivity index (χ0v) is 14.2. The van der Waals surface area contributed by atoms with E-state index >= 15 is 0 Å². The lowest BCUT2D eigenvalue weighted by Crippen LogP contribution is -2.33. The number of ether oxygens (including phenoxy) is 2. The molecule has 6 nitrogen and oxygen atoms in total. The van der Waals surface area contributed by atoms with E-state index in [1.165, 1.54) is 10.8 Å². The largest absolute Gasteiger partial charge is 0.500 e. The fourth-order valence-corrected chi connectivity index (χ4v) is 2.72. The van der Waals surface area contributed by atoms with Crippen molar-refractivity contribution in [2.45, 2.75) is 46.8 Å². The molecule has 1 aromatic heterocycles. The van der Waals surface area contributed by atoms with Gasteiger partial charge in [-0.3, -0.25) is 9.36 Å². The van der Waals surface area contributed by atoms with E-state index in [2.05, 4.69) is 0 Å². The first-order chi connectivity index (χ1) is 10.2. The van der Waals surface area contributed by atoms with E-state index in [9.17, 15) is 14.9 Å². The Morgan fingerprint density at radius 3 is 2.50 bits per heavy atom. The van der Waals surface area contributed by atoms with E-state index in [0.717, 1.165) is 11.3 Å². The average Bonchev–Trinajstić information content (AvgIpc) is 2.71. The van der Waals surface area contributed by atoms with Crippen LogP contribution in [0.1, 0.15) is 34.6 Å². The Balaban J connectivity index is 3.59. The first-order valence-corrected chi connectivity index (χ1v) is 7.76. The minimum Gasteiger partial charge on any atom is -0.500 e. The maximum Gasteiger partial charge on any atom is 0.352 e. The van der Waals surface area contributed by atoms with Crippen molar-refractivity contribution < 1.29 is 14.3 Å². The molecule has 0 radical (unpaired) electrons. The lowest BCUT2D eigenvalue weighted by atomic mass is 10.2. The molecule has 0 N–H and O–H groups in total. The zero-order chi connectivity index (χ0) is 16.9. The minimum absolute atomic E-state index is 0.171. The highest BCUT2D eigenvalue weighted by molar-refractivity contribution is 7.07. The van der Waals surface area contributed by atoms with Gasteiger partial charge in [0.25, 0.3) is 5.56 Å². The van der Waals surface area contributed by atoms with Gasteiger partial charge in [-0.2, -0.15) is 5.26 Å². The lowest BCUT2D eigenvalue weighted by Gasteiger charge is -2.18. The molecule has 7 heteroatoms. The monoisotopic (exact) mass is 324 g/mol. The van der Waals surface area contributed by atoms with Crippen LogP contribution < -0.4 is 14.8 Å². The molecule has 0 aliphatic heterocycles. The third kappa shape index (κ3) is 4.21. The van der Waals surface area contributed by atoms with Gasteiger partial charge in [-0.05, 0) is 34.6 Å². The number of rotatable bonds is 4. The van der Waals surface area contributed by atoms with Gasteiger partial charge >= 0.3 is 5.97 Å². The third-order valence-electron chi connectivity index (χ3n) is 2.51. The third-order valence-corrected chi connectivity index (χ3v) is 3.62. The van der Waals surface area contributed by atoms with E-state index in [4.69, 9.17) is 9.47 Å². The van der Waals surface area contributed by atoms with Crippen LogP contribution in [0.5, 0.6) is 0 Å². The predicted molar refractivity (Wildman–Crippen MR) is 84.5 cm³/mol. The zero-order valence-electron chi connectivity index (χ0n) is 13.4. The van der Waals surface area contributed by atoms with Gasteiger partial charge in [0.1, 0.15) is 27.1 Å². The maximum atomic E-state index is 12.2. The van der Waals surface area contributed by atoms with Gasteiger partial charge in [0, 0.05) is 6.54 Å². The number of hydrogen-bond donors (Lipinski definition) is 0. The highest BCUT2D eigenvalue weighted by Gasteiger charge is 2.22. The molecule has 0 amide bonds. The van der Waals surface area contributed by atoms with E-state index in [1.54, 1.807) is 34.6 Å². The number of carbonyl (C=O) groups is 1. The summed E-state index contributed by atoms with van der Waals surface area (Å²) in [5.41, 5.74) is -1.17. The predicted octanol–water partition coefficient (Wildman–Crippen LogP) is 0.720. The second kappa shape index (κ2) is 7.27. The Morgan fingerprint density at radius 2 is 2.05 bits per heavy atom. The van der Waals surface area contributed by atoms with E-state index in [-0.39, 0.29) is 15.8 Å². The molecule has 0 unspecified atom stereocenters. The van der Waals surface area contributed by atoms with Crippen LogP contribution in [0.3, 0.4) is 0 Å². The van der Waals surface area contributed by atoms with Crippen LogP contribution in [-0.2, 0) is 20.8 Å². The summed E-state index contributed by atoms with van der Waals surface area (Å²) in [4.78, 5) is 24.4. The Labute approximate surface area is 132 Å². The van der Waals surface area contributed by atoms with Gasteiger partial charge in [-0.25, -0.2) is 4.79 Å². The summed E-state index contributed by atoms with van der Waals surface area (Å²) >= 11 is 1.05. The summed E-state index contributed by atoms with van der Waals surface area (Å²) < 4.78 is 12.4. The standard InChI is InChI=1S/C15H20N2O4S/c1-6-17-12(18)11(9-20-7-2)22-13(17)10(8-16)14(19)21-15(3,4)5/h9H,6-7H2,1-5H3. The van der Waals surface area contributed by atoms with Crippen LogP contribution in [-0.4, -0.2) is 22.7 Å². The summed E-state index contributed by atoms with van der Waals surface area (Å²) in [6.45, 7) is 9.50. The van der Waals surface area contributed by atoms with E-state index < -0.39 is 11.6 Å². The topological polar surface area (TPSA) is 81.3 Å². The van der Waals surface area contributed by atoms with Crippen molar-refractivity contribution in [3.05, 3.63) is 19.5 Å². The van der Waals surface area contributed by atoms with Crippen molar-refractivity contribution in [3.8, 4) is 6.07 Å². The average molecular weight is 324 g/mol. The lowest BCUT2D eigenvalue weighted by molar-refractivity contribution is -0.147. The number of thiazole rings is 1. The molecule has 0 spiro atoms. The Morgan fingerprint density at radius 1 is 1.41 bits per heavy atom. The fraction of sp³-hybridized carbons (Fsp3) is 0.533. The quantitative estimate of drug-likeness (QED) is 0.762. The van der Waals surface area contributed by atoms with Crippen LogP contribution >= 0.6 is 11.3 Å². The Bertz CT molecular complexity index is 759. The number of nitrogens with zero attached hydrogens (tertiary/aromatic N) is 2. The molecule has 1 heterocycles. The van der Waals surface area contributed by atoms with Crippen molar-refractivity contribution in [1.82, 2.24) is 4.57 Å². The number of nitriles is 1. The van der Waals surface area contributed by atoms with Gasteiger partial charge in [-0.1, -0.05) is 0 Å². The first kappa shape index (κ1) is 18.0. The fourth-order valence-electron chi connectivity index (χ4n) is 1.64. The molecule has 0 aromatic carbocycles. The van der Waals surface area contributed by atoms with Crippen LogP contribution in [0, 0.1) is 11.3 Å². The summed E-state index contributed by atoms with van der Waals surface area (Å²) in [5, 5.41) is 9.30. The van der Waals surface area contributed by atoms with Crippen LogP contribution in [0.4, 0.5) is 0 Å². The summed E-state index contributed by atoms with van der Waals surface area (Å²) in [7, 11) is 0. The van der Waals surface area contributed by atoms with Gasteiger partial charge < -0.3 is 9.47 Å². The Hall–Kier alpha value is -2.07. The smallest absolute Gasteiger partial charge is 0.352 e. The summed E-state index contributed by atoms with van der Waals surface area (Å²) in [6, 6.07) is 1.85. The van der Waals surface area contributed by atoms with E-state index in [1.807, 2.05) is 6.07 Å². The number of hydrogen-bond acceptors (Lipinski definition) is 6. The van der Waals surface area contributed by atoms with Gasteiger partial charge in [-0.15, -0.1) is 11.3 Å². The van der Waals surface area contributed by atoms with Crippen LogP contribution in [0.2, 0.25) is 0 Å². The SMILES string of the molecule is CCOC=c1sc(=C(C#N)C(=O)OC(C)(C)C)n(CC)c1=O. The summed E-state index contributed by atoms with van der Waals surface area (Å²) in [6.07, 6.45) is 1.35. The number of esters is 1. The van der Waals surface area contributed by atoms with Crippen molar-refractivity contribution in [1.29, 1.82) is 5.26 Å². The molecule has 0 aliphatic carbocycles. The van der Waals surface area contributed by atoms with Crippen LogP contribution in [0.15, 0.2) is 4.79 Å². The molecular formula is C15H20N2O4S.